The average Bonchev–Trinajstić information content (AvgIpc) is 2.41. The molecule has 0 aliphatic carbocycles. The van der Waals surface area contributed by atoms with Gasteiger partial charge in [0.1, 0.15) is 4.60 Å². The highest BCUT2D eigenvalue weighted by Gasteiger charge is 2.23. The number of hydrogen-bond donors (Lipinski definition) is 1. The molecule has 2 aromatic heterocycles. The number of hydrogen-bond acceptors (Lipinski definition) is 4. The fraction of sp³-hybridized carbons (Fsp3) is 0.250. The van der Waals surface area contributed by atoms with Crippen LogP contribution >= 0.6 is 15.9 Å². The second kappa shape index (κ2) is 5.15. The lowest BCUT2D eigenvalue weighted by Crippen LogP contribution is -2.31. The van der Waals surface area contributed by atoms with Crippen molar-refractivity contribution in [1.82, 2.24) is 9.97 Å². The summed E-state index contributed by atoms with van der Waals surface area (Å²) >= 11 is 3.37. The number of pyridine rings is 2. The summed E-state index contributed by atoms with van der Waals surface area (Å²) in [5, 5.41) is 3.45. The van der Waals surface area contributed by atoms with E-state index in [0.717, 1.165) is 17.0 Å². The topological polar surface area (TPSA) is 47.0 Å². The second-order valence-corrected chi connectivity index (χ2v) is 6.37. The molecule has 3 rings (SSSR count). The monoisotopic (exact) mass is 345 g/mol. The van der Waals surface area contributed by atoms with Gasteiger partial charge >= 0.3 is 0 Å². The van der Waals surface area contributed by atoms with Crippen molar-refractivity contribution in [2.75, 3.05) is 5.32 Å². The summed E-state index contributed by atoms with van der Waals surface area (Å²) < 4.78 is 6.46. The number of allylic oxidation sites excluding steroid dienone is 1. The molecule has 0 bridgehead atoms. The fourth-order valence-electron chi connectivity index (χ4n) is 2.45. The Morgan fingerprint density at radius 1 is 1.24 bits per heavy atom. The summed E-state index contributed by atoms with van der Waals surface area (Å²) in [6, 6.07) is 7.54. The number of nitrogens with zero attached hydrogens (tertiary/aromatic N) is 2. The number of nitrogens with one attached hydrogen (secondary N) is 1. The molecule has 0 atom stereocenters. The van der Waals surface area contributed by atoms with Crippen molar-refractivity contribution in [3.8, 4) is 11.6 Å². The minimum Gasteiger partial charge on any atom is -0.436 e. The Morgan fingerprint density at radius 2 is 2.05 bits per heavy atom. The molecule has 0 saturated carbocycles. The number of aromatic nitrogens is 2. The van der Waals surface area contributed by atoms with E-state index in [1.807, 2.05) is 24.3 Å². The van der Waals surface area contributed by atoms with E-state index < -0.39 is 0 Å². The molecule has 108 valence electrons. The Morgan fingerprint density at radius 3 is 2.81 bits per heavy atom. The van der Waals surface area contributed by atoms with Gasteiger partial charge in [-0.2, -0.15) is 0 Å². The van der Waals surface area contributed by atoms with Crippen LogP contribution in [0.25, 0.3) is 5.57 Å². The first-order valence-electron chi connectivity index (χ1n) is 6.72. The third-order valence-electron chi connectivity index (χ3n) is 3.22. The maximum atomic E-state index is 5.80. The molecule has 5 heteroatoms. The van der Waals surface area contributed by atoms with E-state index >= 15 is 0 Å². The fourth-order valence-corrected chi connectivity index (χ4v) is 2.78. The van der Waals surface area contributed by atoms with Crippen LogP contribution in [0.4, 0.5) is 5.69 Å². The largest absolute Gasteiger partial charge is 0.436 e. The minimum atomic E-state index is -0.0620. The van der Waals surface area contributed by atoms with Crippen LogP contribution < -0.4 is 10.1 Å². The third kappa shape index (κ3) is 2.93. The van der Waals surface area contributed by atoms with Gasteiger partial charge in [-0.05, 0) is 60.5 Å². The highest BCUT2D eigenvalue weighted by molar-refractivity contribution is 9.10. The van der Waals surface area contributed by atoms with Gasteiger partial charge in [-0.25, -0.2) is 9.97 Å². The van der Waals surface area contributed by atoms with E-state index in [1.54, 1.807) is 6.20 Å². The van der Waals surface area contributed by atoms with Gasteiger partial charge in [0.25, 0.3) is 0 Å². The van der Waals surface area contributed by atoms with Gasteiger partial charge in [0.15, 0.2) is 5.75 Å². The van der Waals surface area contributed by atoms with Crippen molar-refractivity contribution >= 4 is 27.2 Å². The molecular formula is C16H16BrN3O. The van der Waals surface area contributed by atoms with Crippen LogP contribution in [0.5, 0.6) is 11.6 Å². The SMILES string of the molecule is CC1=CC(C)(C)Nc2ccc(Oc3cccnc3Br)nc21. The molecule has 0 aromatic carbocycles. The number of fused-ring (bicyclic) bond motifs is 1. The van der Waals surface area contributed by atoms with Gasteiger partial charge < -0.3 is 10.1 Å². The summed E-state index contributed by atoms with van der Waals surface area (Å²) in [5.74, 6) is 1.20. The smallest absolute Gasteiger partial charge is 0.220 e. The summed E-state index contributed by atoms with van der Waals surface area (Å²) in [6.07, 6.45) is 3.88. The van der Waals surface area contributed by atoms with Crippen LogP contribution in [0.1, 0.15) is 26.5 Å². The van der Waals surface area contributed by atoms with E-state index in [4.69, 9.17) is 4.74 Å². The maximum absolute atomic E-state index is 5.80. The number of ether oxygens (including phenoxy) is 1. The Bertz CT molecular complexity index is 725. The Balaban J connectivity index is 1.94. The molecule has 0 fully saturated rings. The standard InChI is InChI=1S/C16H16BrN3O/c1-10-9-16(2,3)20-11-6-7-13(19-14(10)11)21-12-5-4-8-18-15(12)17/h4-9,20H,1-3H3. The maximum Gasteiger partial charge on any atom is 0.220 e. The van der Waals surface area contributed by atoms with E-state index in [2.05, 4.69) is 58.1 Å². The van der Waals surface area contributed by atoms with E-state index in [9.17, 15) is 0 Å². The second-order valence-electron chi connectivity index (χ2n) is 5.61. The highest BCUT2D eigenvalue weighted by atomic mass is 79.9. The number of anilines is 1. The molecule has 0 spiro atoms. The minimum absolute atomic E-state index is 0.0620. The van der Waals surface area contributed by atoms with Gasteiger partial charge in [0.2, 0.25) is 5.88 Å². The molecule has 1 aliphatic heterocycles. The molecule has 1 N–H and O–H groups in total. The van der Waals surface area contributed by atoms with Gasteiger partial charge in [0, 0.05) is 12.3 Å². The van der Waals surface area contributed by atoms with Crippen LogP contribution in [-0.2, 0) is 0 Å². The van der Waals surface area contributed by atoms with Crippen LogP contribution in [0.2, 0.25) is 0 Å². The Hall–Kier alpha value is -1.88. The lowest BCUT2D eigenvalue weighted by Gasteiger charge is -2.30. The summed E-state index contributed by atoms with van der Waals surface area (Å²) in [4.78, 5) is 8.73. The zero-order chi connectivity index (χ0) is 15.0. The van der Waals surface area contributed by atoms with Crippen LogP contribution in [0.15, 0.2) is 41.1 Å². The van der Waals surface area contributed by atoms with E-state index in [-0.39, 0.29) is 5.54 Å². The molecule has 3 heterocycles. The van der Waals surface area contributed by atoms with Crippen molar-refractivity contribution in [3.63, 3.8) is 0 Å². The molecule has 4 nitrogen and oxygen atoms in total. The Kier molecular flexibility index (Phi) is 3.45. The first kappa shape index (κ1) is 14.1. The van der Waals surface area contributed by atoms with Crippen LogP contribution in [-0.4, -0.2) is 15.5 Å². The molecule has 1 aliphatic rings. The third-order valence-corrected chi connectivity index (χ3v) is 3.81. The predicted molar refractivity (Wildman–Crippen MR) is 87.6 cm³/mol. The van der Waals surface area contributed by atoms with E-state index in [1.165, 1.54) is 0 Å². The predicted octanol–water partition coefficient (Wildman–Crippen LogP) is 4.64. The first-order chi connectivity index (χ1) is 9.94. The van der Waals surface area contributed by atoms with Crippen LogP contribution in [0.3, 0.4) is 0 Å². The van der Waals surface area contributed by atoms with Gasteiger partial charge in [-0.1, -0.05) is 6.08 Å². The van der Waals surface area contributed by atoms with Gasteiger partial charge in [-0.15, -0.1) is 0 Å². The summed E-state index contributed by atoms with van der Waals surface area (Å²) in [5.41, 5.74) is 3.03. The molecular weight excluding hydrogens is 330 g/mol. The van der Waals surface area contributed by atoms with Crippen molar-refractivity contribution < 1.29 is 4.74 Å². The number of halogens is 1. The molecule has 0 amide bonds. The van der Waals surface area contributed by atoms with Gasteiger partial charge in [-0.3, -0.25) is 0 Å². The Labute approximate surface area is 132 Å². The summed E-state index contributed by atoms with van der Waals surface area (Å²) in [6.45, 7) is 6.34. The van der Waals surface area contributed by atoms with E-state index in [0.29, 0.717) is 16.2 Å². The zero-order valence-corrected chi connectivity index (χ0v) is 13.7. The molecule has 0 saturated heterocycles. The first-order valence-corrected chi connectivity index (χ1v) is 7.51. The highest BCUT2D eigenvalue weighted by Crippen LogP contribution is 2.35. The van der Waals surface area contributed by atoms with Gasteiger partial charge in [0.05, 0.1) is 16.9 Å². The zero-order valence-electron chi connectivity index (χ0n) is 12.1. The molecule has 21 heavy (non-hydrogen) atoms. The quantitative estimate of drug-likeness (QED) is 0.805. The van der Waals surface area contributed by atoms with Crippen molar-refractivity contribution in [1.29, 1.82) is 0 Å². The van der Waals surface area contributed by atoms with Crippen molar-refractivity contribution in [2.45, 2.75) is 26.3 Å². The van der Waals surface area contributed by atoms with Crippen molar-refractivity contribution in [2.24, 2.45) is 0 Å². The normalized spacial score (nSPS) is 15.7. The molecule has 0 radical (unpaired) electrons. The average molecular weight is 346 g/mol. The number of rotatable bonds is 2. The van der Waals surface area contributed by atoms with Crippen LogP contribution in [0, 0.1) is 0 Å². The molecule has 0 unspecified atom stereocenters. The molecule has 2 aromatic rings. The summed E-state index contributed by atoms with van der Waals surface area (Å²) in [7, 11) is 0. The lowest BCUT2D eigenvalue weighted by molar-refractivity contribution is 0.456. The van der Waals surface area contributed by atoms with Crippen molar-refractivity contribution in [3.05, 3.63) is 46.8 Å². The lowest BCUT2D eigenvalue weighted by atomic mass is 9.94.